The van der Waals surface area contributed by atoms with E-state index in [2.05, 4.69) is 27.4 Å². The lowest BCUT2D eigenvalue weighted by atomic mass is 9.86. The molecule has 0 aliphatic heterocycles. The van der Waals surface area contributed by atoms with Crippen LogP contribution in [0.15, 0.2) is 36.9 Å². The monoisotopic (exact) mass is 678 g/mol. The molecule has 1 unspecified atom stereocenters. The number of carboxylic acid groups (broad SMARTS) is 1. The summed E-state index contributed by atoms with van der Waals surface area (Å²) in [6, 6.07) is 7.70. The minimum absolute atomic E-state index is 0.0226. The number of carboxylic acids is 1. The van der Waals surface area contributed by atoms with Gasteiger partial charge in [0.05, 0.1) is 119 Å². The first-order valence-electron chi connectivity index (χ1n) is 15.8. The molecule has 0 bridgehead atoms. The average molecular weight is 679 g/mol. The Balaban J connectivity index is 0.00000391. The lowest BCUT2D eigenvalue weighted by Crippen LogP contribution is -2.25. The molecule has 0 radical (unpaired) electrons. The van der Waals surface area contributed by atoms with Crippen LogP contribution in [0.4, 0.5) is 0 Å². The maximum atomic E-state index is 10.1. The van der Waals surface area contributed by atoms with Crippen LogP contribution in [0.25, 0.3) is 0 Å². The molecular formula is C33H58O14. The maximum Gasteiger partial charge on any atom is 0.327 e. The highest BCUT2D eigenvalue weighted by Gasteiger charge is 2.20. The zero-order chi connectivity index (χ0) is 34.9. The van der Waals surface area contributed by atoms with Gasteiger partial charge in [0.2, 0.25) is 6.29 Å². The van der Waals surface area contributed by atoms with Crippen molar-refractivity contribution >= 4 is 5.97 Å². The van der Waals surface area contributed by atoms with Crippen LogP contribution >= 0.6 is 0 Å². The third kappa shape index (κ3) is 30.8. The van der Waals surface area contributed by atoms with E-state index in [4.69, 9.17) is 57.6 Å². The predicted molar refractivity (Wildman–Crippen MR) is 174 cm³/mol. The molecule has 47 heavy (non-hydrogen) atoms. The fourth-order valence-electron chi connectivity index (χ4n) is 3.38. The Kier molecular flexibility index (Phi) is 30.8. The largest absolute Gasteiger partial charge is 0.478 e. The molecule has 0 aliphatic carbocycles. The van der Waals surface area contributed by atoms with E-state index < -0.39 is 12.3 Å². The van der Waals surface area contributed by atoms with Crippen molar-refractivity contribution in [1.82, 2.24) is 0 Å². The second-order valence-corrected chi connectivity index (χ2v) is 10.6. The summed E-state index contributed by atoms with van der Waals surface area (Å²) in [5, 5.41) is 26.3. The molecule has 14 nitrogen and oxygen atoms in total. The second kappa shape index (κ2) is 32.3. The Bertz CT molecular complexity index is 849. The van der Waals surface area contributed by atoms with Gasteiger partial charge in [0.15, 0.2) is 0 Å². The normalized spacial score (nSPS) is 11.9. The van der Waals surface area contributed by atoms with Crippen molar-refractivity contribution < 1.29 is 67.5 Å². The van der Waals surface area contributed by atoms with Crippen LogP contribution < -0.4 is 4.74 Å². The molecule has 0 saturated heterocycles. The smallest absolute Gasteiger partial charge is 0.327 e. The first-order chi connectivity index (χ1) is 22.7. The molecule has 0 spiro atoms. The van der Waals surface area contributed by atoms with E-state index in [0.717, 1.165) is 11.6 Å². The zero-order valence-corrected chi connectivity index (χ0v) is 28.4. The summed E-state index contributed by atoms with van der Waals surface area (Å²) in [5.74, 6) is -0.323. The SMILES string of the molecule is C=CC(=O)O.CC(C)(C)c1ccccc1OC(O)COCCOCCOCCOCCOCCOCCOCCOCCOCCO. The number of benzene rings is 1. The summed E-state index contributed by atoms with van der Waals surface area (Å²) < 4.78 is 54.2. The molecule has 1 aromatic rings. The average Bonchev–Trinajstić information content (AvgIpc) is 3.04. The van der Waals surface area contributed by atoms with Gasteiger partial charge in [-0.3, -0.25) is 0 Å². The van der Waals surface area contributed by atoms with Crippen LogP contribution in [0.5, 0.6) is 5.75 Å². The van der Waals surface area contributed by atoms with Crippen molar-refractivity contribution in [2.45, 2.75) is 32.5 Å². The highest BCUT2D eigenvalue weighted by Crippen LogP contribution is 2.31. The van der Waals surface area contributed by atoms with Crippen LogP contribution in [0.2, 0.25) is 0 Å². The number of rotatable bonds is 31. The molecule has 0 saturated carbocycles. The lowest BCUT2D eigenvalue weighted by Gasteiger charge is -2.24. The van der Waals surface area contributed by atoms with E-state index in [1.807, 2.05) is 24.3 Å². The third-order valence-electron chi connectivity index (χ3n) is 5.60. The minimum atomic E-state index is -1.05. The molecule has 0 fully saturated rings. The Labute approximate surface area is 279 Å². The van der Waals surface area contributed by atoms with E-state index in [1.54, 1.807) is 0 Å². The molecule has 1 aromatic carbocycles. The second-order valence-electron chi connectivity index (χ2n) is 10.6. The van der Waals surface area contributed by atoms with Crippen molar-refractivity contribution in [3.63, 3.8) is 0 Å². The number of carbonyl (C=O) groups is 1. The molecule has 0 aromatic heterocycles. The van der Waals surface area contributed by atoms with E-state index in [-0.39, 0.29) is 18.6 Å². The van der Waals surface area contributed by atoms with Gasteiger partial charge < -0.3 is 62.7 Å². The van der Waals surface area contributed by atoms with Crippen LogP contribution in [-0.2, 0) is 52.8 Å². The highest BCUT2D eigenvalue weighted by atomic mass is 16.6. The van der Waals surface area contributed by atoms with Crippen molar-refractivity contribution in [2.75, 3.05) is 126 Å². The van der Waals surface area contributed by atoms with E-state index in [1.165, 1.54) is 0 Å². The number of para-hydroxylation sites is 1. The molecule has 0 amide bonds. The Morgan fingerprint density at radius 1 is 0.660 bits per heavy atom. The van der Waals surface area contributed by atoms with E-state index in [9.17, 15) is 9.90 Å². The summed E-state index contributed by atoms with van der Waals surface area (Å²) in [4.78, 5) is 9.25. The number of hydrogen-bond donors (Lipinski definition) is 3. The summed E-state index contributed by atoms with van der Waals surface area (Å²) >= 11 is 0. The highest BCUT2D eigenvalue weighted by molar-refractivity contribution is 5.78. The standard InChI is InChI=1S/C30H54O12.C3H4O2/c1-30(2,3)27-6-4-5-7-28(27)42-29(32)26-41-25-24-40-23-22-39-21-20-38-19-18-37-17-16-36-15-14-35-13-12-34-11-10-33-9-8-31;1-2-3(4)5/h4-7,29,31-32H,8-26H2,1-3H3;2H,1H2,(H,4,5). The maximum absolute atomic E-state index is 10.1. The van der Waals surface area contributed by atoms with Gasteiger partial charge in [-0.15, -0.1) is 0 Å². The summed E-state index contributed by atoms with van der Waals surface area (Å²) in [7, 11) is 0. The Hall–Kier alpha value is -2.21. The molecule has 274 valence electrons. The van der Waals surface area contributed by atoms with Gasteiger partial charge in [-0.1, -0.05) is 45.5 Å². The van der Waals surface area contributed by atoms with Crippen molar-refractivity contribution in [1.29, 1.82) is 0 Å². The number of aliphatic hydroxyl groups is 2. The minimum Gasteiger partial charge on any atom is -0.478 e. The number of hydrogen-bond acceptors (Lipinski definition) is 13. The molecule has 14 heteroatoms. The van der Waals surface area contributed by atoms with Gasteiger partial charge >= 0.3 is 5.97 Å². The molecule has 3 N–H and O–H groups in total. The van der Waals surface area contributed by atoms with Crippen molar-refractivity contribution in [3.8, 4) is 5.75 Å². The van der Waals surface area contributed by atoms with Gasteiger partial charge in [-0.25, -0.2) is 4.79 Å². The van der Waals surface area contributed by atoms with Gasteiger partial charge in [0, 0.05) is 6.08 Å². The summed E-state index contributed by atoms with van der Waals surface area (Å²) in [6.07, 6.45) is -0.214. The molecule has 0 heterocycles. The van der Waals surface area contributed by atoms with Crippen LogP contribution in [0.1, 0.15) is 26.3 Å². The molecule has 0 aliphatic rings. The van der Waals surface area contributed by atoms with Gasteiger partial charge in [0.1, 0.15) is 12.4 Å². The quantitative estimate of drug-likeness (QED) is 0.0593. The first-order valence-corrected chi connectivity index (χ1v) is 15.8. The van der Waals surface area contributed by atoms with Gasteiger partial charge in [0.25, 0.3) is 0 Å². The van der Waals surface area contributed by atoms with Crippen LogP contribution in [-0.4, -0.2) is 153 Å². The van der Waals surface area contributed by atoms with Gasteiger partial charge in [-0.05, 0) is 17.0 Å². The molecule has 1 atom stereocenters. The summed E-state index contributed by atoms with van der Waals surface area (Å²) in [5.41, 5.74) is 0.945. The molecular weight excluding hydrogens is 620 g/mol. The zero-order valence-electron chi connectivity index (χ0n) is 28.4. The van der Waals surface area contributed by atoms with E-state index in [0.29, 0.717) is 118 Å². The van der Waals surface area contributed by atoms with Gasteiger partial charge in [-0.2, -0.15) is 0 Å². The van der Waals surface area contributed by atoms with Crippen LogP contribution in [0, 0.1) is 0 Å². The molecule has 1 rings (SSSR count). The lowest BCUT2D eigenvalue weighted by molar-refractivity contribution is -0.131. The number of aliphatic carboxylic acids is 1. The number of aliphatic hydroxyl groups excluding tert-OH is 2. The van der Waals surface area contributed by atoms with Crippen molar-refractivity contribution in [2.24, 2.45) is 0 Å². The van der Waals surface area contributed by atoms with Crippen LogP contribution in [0.3, 0.4) is 0 Å². The third-order valence-corrected chi connectivity index (χ3v) is 5.60. The summed E-state index contributed by atoms with van der Waals surface area (Å²) in [6.45, 7) is 17.2. The Morgan fingerprint density at radius 2 is 0.979 bits per heavy atom. The van der Waals surface area contributed by atoms with Crippen molar-refractivity contribution in [3.05, 3.63) is 42.5 Å². The topological polar surface area (TPSA) is 170 Å². The fourth-order valence-corrected chi connectivity index (χ4v) is 3.38. The fraction of sp³-hybridized carbons (Fsp3) is 0.727. The number of ether oxygens (including phenoxy) is 10. The predicted octanol–water partition coefficient (Wildman–Crippen LogP) is 2.08. The Morgan fingerprint density at radius 3 is 1.30 bits per heavy atom. The van der Waals surface area contributed by atoms with E-state index >= 15 is 0 Å². The first kappa shape index (κ1) is 44.8.